The Morgan fingerprint density at radius 1 is 1.00 bits per heavy atom. The quantitative estimate of drug-likeness (QED) is 0.518. The molecule has 0 amide bonds. The Labute approximate surface area is 144 Å². The number of carbonyl (C=O) groups excluding carboxylic acids is 1. The lowest BCUT2D eigenvalue weighted by atomic mass is 9.69. The Hall–Kier alpha value is -1.38. The first-order valence-corrected chi connectivity index (χ1v) is 9.63. The second-order valence-corrected chi connectivity index (χ2v) is 7.65. The van der Waals surface area contributed by atoms with Gasteiger partial charge in [-0.25, -0.2) is 4.39 Å². The maximum Gasteiger partial charge on any atom is 0.314 e. The molecular formula is C21H29FO2. The molecule has 0 saturated heterocycles. The second-order valence-electron chi connectivity index (χ2n) is 7.65. The standard InChI is InChI=1S/C21H29FO2/c1-2-15-7-9-16(10-8-15)17-11-13-18(14-12-17)21(23)24-20-6-4-3-5-19(20)22/h3-6,15-18H,2,7-14H2,1H3/t15-,16-,17-,18-. The molecule has 1 aromatic rings. The van der Waals surface area contributed by atoms with E-state index in [0.29, 0.717) is 0 Å². The topological polar surface area (TPSA) is 26.3 Å². The lowest BCUT2D eigenvalue weighted by Gasteiger charge is -2.37. The van der Waals surface area contributed by atoms with Crippen molar-refractivity contribution in [2.75, 3.05) is 0 Å². The van der Waals surface area contributed by atoms with Gasteiger partial charge in [0.15, 0.2) is 11.6 Å². The van der Waals surface area contributed by atoms with Gasteiger partial charge in [0.2, 0.25) is 0 Å². The summed E-state index contributed by atoms with van der Waals surface area (Å²) >= 11 is 0. The number of esters is 1. The van der Waals surface area contributed by atoms with Gasteiger partial charge in [-0.15, -0.1) is 0 Å². The molecule has 2 aliphatic rings. The maximum absolute atomic E-state index is 13.6. The van der Waals surface area contributed by atoms with Crippen LogP contribution in [0.2, 0.25) is 0 Å². The van der Waals surface area contributed by atoms with Crippen molar-refractivity contribution in [3.63, 3.8) is 0 Å². The average Bonchev–Trinajstić information content (AvgIpc) is 2.64. The molecule has 0 aliphatic heterocycles. The number of hydrogen-bond donors (Lipinski definition) is 0. The number of carbonyl (C=O) groups is 1. The molecule has 2 fully saturated rings. The third-order valence-electron chi connectivity index (χ3n) is 6.29. The van der Waals surface area contributed by atoms with Crippen LogP contribution >= 0.6 is 0 Å². The van der Waals surface area contributed by atoms with Crippen LogP contribution in [-0.4, -0.2) is 5.97 Å². The van der Waals surface area contributed by atoms with Crippen molar-refractivity contribution in [3.05, 3.63) is 30.1 Å². The van der Waals surface area contributed by atoms with Crippen molar-refractivity contribution in [2.45, 2.75) is 64.7 Å². The number of para-hydroxylation sites is 1. The minimum absolute atomic E-state index is 0.0579. The van der Waals surface area contributed by atoms with E-state index in [1.165, 1.54) is 44.2 Å². The molecule has 0 unspecified atom stereocenters. The summed E-state index contributed by atoms with van der Waals surface area (Å²) in [5.74, 6) is 1.85. The van der Waals surface area contributed by atoms with Crippen molar-refractivity contribution < 1.29 is 13.9 Å². The summed E-state index contributed by atoms with van der Waals surface area (Å²) < 4.78 is 18.9. The van der Waals surface area contributed by atoms with E-state index in [1.807, 2.05) is 0 Å². The summed E-state index contributed by atoms with van der Waals surface area (Å²) in [5.41, 5.74) is 0. The highest BCUT2D eigenvalue weighted by Crippen LogP contribution is 2.42. The Morgan fingerprint density at radius 3 is 2.17 bits per heavy atom. The number of halogens is 1. The largest absolute Gasteiger partial charge is 0.423 e. The van der Waals surface area contributed by atoms with Crippen molar-refractivity contribution in [1.82, 2.24) is 0 Å². The van der Waals surface area contributed by atoms with Crippen LogP contribution in [0.25, 0.3) is 0 Å². The van der Waals surface area contributed by atoms with Crippen molar-refractivity contribution >= 4 is 5.97 Å². The summed E-state index contributed by atoms with van der Waals surface area (Å²) in [6.45, 7) is 2.30. The summed E-state index contributed by atoms with van der Waals surface area (Å²) in [6, 6.07) is 6.14. The zero-order chi connectivity index (χ0) is 16.9. The number of benzene rings is 1. The predicted molar refractivity (Wildman–Crippen MR) is 93.2 cm³/mol. The van der Waals surface area contributed by atoms with E-state index in [9.17, 15) is 9.18 Å². The number of rotatable bonds is 4. The van der Waals surface area contributed by atoms with Gasteiger partial charge in [-0.2, -0.15) is 0 Å². The van der Waals surface area contributed by atoms with Gasteiger partial charge < -0.3 is 4.74 Å². The highest BCUT2D eigenvalue weighted by molar-refractivity contribution is 5.75. The number of hydrogen-bond acceptors (Lipinski definition) is 2. The zero-order valence-corrected chi connectivity index (χ0v) is 14.7. The predicted octanol–water partition coefficient (Wildman–Crippen LogP) is 5.75. The molecule has 2 saturated carbocycles. The lowest BCUT2D eigenvalue weighted by molar-refractivity contribution is -0.140. The summed E-state index contributed by atoms with van der Waals surface area (Å²) in [4.78, 5) is 12.3. The molecule has 2 nitrogen and oxygen atoms in total. The molecule has 0 aromatic heterocycles. The minimum Gasteiger partial charge on any atom is -0.423 e. The summed E-state index contributed by atoms with van der Waals surface area (Å²) in [6.07, 6.45) is 10.9. The Balaban J connectivity index is 1.46. The van der Waals surface area contributed by atoms with Gasteiger partial charge in [0, 0.05) is 0 Å². The molecule has 0 spiro atoms. The zero-order valence-electron chi connectivity index (χ0n) is 14.7. The van der Waals surface area contributed by atoms with Gasteiger partial charge in [0.25, 0.3) is 0 Å². The molecule has 24 heavy (non-hydrogen) atoms. The van der Waals surface area contributed by atoms with Crippen LogP contribution < -0.4 is 4.74 Å². The van der Waals surface area contributed by atoms with Crippen LogP contribution in [0.4, 0.5) is 4.39 Å². The fourth-order valence-corrected chi connectivity index (χ4v) is 4.61. The molecule has 2 aliphatic carbocycles. The molecule has 0 bridgehead atoms. The first-order chi connectivity index (χ1) is 11.7. The van der Waals surface area contributed by atoms with Gasteiger partial charge in [-0.1, -0.05) is 38.3 Å². The molecule has 132 valence electrons. The average molecular weight is 332 g/mol. The van der Waals surface area contributed by atoms with Gasteiger partial charge in [-0.3, -0.25) is 4.79 Å². The van der Waals surface area contributed by atoms with Crippen molar-refractivity contribution in [3.8, 4) is 5.75 Å². The molecular weight excluding hydrogens is 303 g/mol. The molecule has 3 heteroatoms. The Kier molecular flexibility index (Phi) is 5.91. The van der Waals surface area contributed by atoms with Gasteiger partial charge in [0.1, 0.15) is 0 Å². The fraction of sp³-hybridized carbons (Fsp3) is 0.667. The normalized spacial score (nSPS) is 30.8. The maximum atomic E-state index is 13.6. The first-order valence-electron chi connectivity index (χ1n) is 9.63. The van der Waals surface area contributed by atoms with E-state index < -0.39 is 5.82 Å². The SMILES string of the molecule is CC[C@H]1CC[C@H]([C@H]2CC[C@H](C(=O)Oc3ccccc3F)CC2)CC1. The molecule has 0 atom stereocenters. The van der Waals surface area contributed by atoms with Crippen LogP contribution in [0.15, 0.2) is 24.3 Å². The Morgan fingerprint density at radius 2 is 1.58 bits per heavy atom. The van der Waals surface area contributed by atoms with Crippen LogP contribution in [0.3, 0.4) is 0 Å². The molecule has 1 aromatic carbocycles. The first kappa shape index (κ1) is 17.4. The summed E-state index contributed by atoms with van der Waals surface area (Å²) in [5, 5.41) is 0. The van der Waals surface area contributed by atoms with Gasteiger partial charge in [0.05, 0.1) is 5.92 Å². The highest BCUT2D eigenvalue weighted by atomic mass is 19.1. The monoisotopic (exact) mass is 332 g/mol. The van der Waals surface area contributed by atoms with Crippen LogP contribution in [0, 0.1) is 29.5 Å². The molecule has 0 heterocycles. The van der Waals surface area contributed by atoms with E-state index in [2.05, 4.69) is 6.92 Å². The second kappa shape index (κ2) is 8.13. The van der Waals surface area contributed by atoms with E-state index in [0.717, 1.165) is 43.4 Å². The molecule has 3 rings (SSSR count). The van der Waals surface area contributed by atoms with Crippen LogP contribution in [0.5, 0.6) is 5.75 Å². The van der Waals surface area contributed by atoms with E-state index >= 15 is 0 Å². The number of ether oxygens (including phenoxy) is 1. The Bertz CT molecular complexity index is 541. The van der Waals surface area contributed by atoms with E-state index in [4.69, 9.17) is 4.74 Å². The third-order valence-corrected chi connectivity index (χ3v) is 6.29. The summed E-state index contributed by atoms with van der Waals surface area (Å²) in [7, 11) is 0. The smallest absolute Gasteiger partial charge is 0.314 e. The van der Waals surface area contributed by atoms with E-state index in [-0.39, 0.29) is 17.6 Å². The molecule has 0 N–H and O–H groups in total. The minimum atomic E-state index is -0.466. The lowest BCUT2D eigenvalue weighted by Crippen LogP contribution is -2.30. The van der Waals surface area contributed by atoms with Crippen LogP contribution in [0.1, 0.15) is 64.7 Å². The molecule has 0 radical (unpaired) electrons. The van der Waals surface area contributed by atoms with Gasteiger partial charge in [-0.05, 0) is 68.4 Å². The van der Waals surface area contributed by atoms with E-state index in [1.54, 1.807) is 12.1 Å². The van der Waals surface area contributed by atoms with Crippen molar-refractivity contribution in [2.24, 2.45) is 23.7 Å². The third kappa shape index (κ3) is 4.17. The van der Waals surface area contributed by atoms with Gasteiger partial charge >= 0.3 is 5.97 Å². The van der Waals surface area contributed by atoms with Crippen LogP contribution in [-0.2, 0) is 4.79 Å². The fourth-order valence-electron chi connectivity index (χ4n) is 4.61. The van der Waals surface area contributed by atoms with Crippen molar-refractivity contribution in [1.29, 1.82) is 0 Å². The highest BCUT2D eigenvalue weighted by Gasteiger charge is 2.33.